The van der Waals surface area contributed by atoms with Gasteiger partial charge in [-0.3, -0.25) is 4.79 Å². The monoisotopic (exact) mass is 284 g/mol. The van der Waals surface area contributed by atoms with Crippen LogP contribution in [0.1, 0.15) is 19.2 Å². The predicted octanol–water partition coefficient (Wildman–Crippen LogP) is 2.89. The lowest BCUT2D eigenvalue weighted by Crippen LogP contribution is -2.15. The summed E-state index contributed by atoms with van der Waals surface area (Å²) >= 11 is 2.84. The summed E-state index contributed by atoms with van der Waals surface area (Å²) < 4.78 is 5.12. The smallest absolute Gasteiger partial charge is 0.316 e. The Bertz CT molecular complexity index is 510. The Morgan fingerprint density at radius 3 is 3.11 bits per heavy atom. The van der Waals surface area contributed by atoms with Crippen molar-refractivity contribution in [2.24, 2.45) is 0 Å². The van der Waals surface area contributed by atoms with E-state index in [2.05, 4.69) is 10.1 Å². The van der Waals surface area contributed by atoms with Crippen molar-refractivity contribution in [3.8, 4) is 10.8 Å². The number of aliphatic carboxylic acids is 1. The highest BCUT2D eigenvalue weighted by Crippen LogP contribution is 2.24. The molecule has 7 heteroatoms. The summed E-state index contributed by atoms with van der Waals surface area (Å²) in [6.45, 7) is 1.85. The van der Waals surface area contributed by atoms with Crippen molar-refractivity contribution >= 4 is 29.1 Å². The zero-order valence-electron chi connectivity index (χ0n) is 9.70. The fourth-order valence-corrected chi connectivity index (χ4v) is 2.84. The average molecular weight is 284 g/mol. The highest BCUT2D eigenvalue weighted by Gasteiger charge is 2.17. The molecule has 0 saturated carbocycles. The van der Waals surface area contributed by atoms with E-state index in [-0.39, 0.29) is 0 Å². The second-order valence-electron chi connectivity index (χ2n) is 3.54. The van der Waals surface area contributed by atoms with Crippen LogP contribution >= 0.6 is 23.1 Å². The number of carboxylic acids is 1. The number of carbonyl (C=O) groups is 1. The Balaban J connectivity index is 1.97. The van der Waals surface area contributed by atoms with Crippen molar-refractivity contribution < 1.29 is 14.4 Å². The number of rotatable bonds is 6. The van der Waals surface area contributed by atoms with Gasteiger partial charge < -0.3 is 9.63 Å². The minimum atomic E-state index is -0.801. The first-order valence-corrected chi connectivity index (χ1v) is 7.34. The minimum absolute atomic E-state index is 0.423. The van der Waals surface area contributed by atoms with Crippen molar-refractivity contribution in [3.05, 3.63) is 23.3 Å². The molecule has 0 bridgehead atoms. The zero-order chi connectivity index (χ0) is 13.0. The van der Waals surface area contributed by atoms with Crippen LogP contribution in [0.4, 0.5) is 0 Å². The topological polar surface area (TPSA) is 76.2 Å². The van der Waals surface area contributed by atoms with Gasteiger partial charge in [-0.2, -0.15) is 4.98 Å². The SMILES string of the molecule is CCC(SCc1noc(-c2cccs2)n1)C(=O)O. The molecular formula is C11H12N2O3S2. The maximum Gasteiger partial charge on any atom is 0.316 e. The summed E-state index contributed by atoms with van der Waals surface area (Å²) in [4.78, 5) is 16.0. The second-order valence-corrected chi connectivity index (χ2v) is 5.68. The van der Waals surface area contributed by atoms with E-state index >= 15 is 0 Å². The molecule has 18 heavy (non-hydrogen) atoms. The van der Waals surface area contributed by atoms with Crippen molar-refractivity contribution in [2.75, 3.05) is 0 Å². The Labute approximate surface area is 112 Å². The standard InChI is InChI=1S/C11H12N2O3S2/c1-2-7(11(14)15)18-6-9-12-10(16-13-9)8-4-3-5-17-8/h3-5,7H,2,6H2,1H3,(H,14,15). The molecular weight excluding hydrogens is 272 g/mol. The van der Waals surface area contributed by atoms with Gasteiger partial charge in [0, 0.05) is 0 Å². The molecule has 2 rings (SSSR count). The predicted molar refractivity (Wildman–Crippen MR) is 70.6 cm³/mol. The molecule has 2 heterocycles. The fraction of sp³-hybridized carbons (Fsp3) is 0.364. The molecule has 0 aliphatic heterocycles. The molecule has 0 spiro atoms. The van der Waals surface area contributed by atoms with Gasteiger partial charge in [-0.05, 0) is 17.9 Å². The van der Waals surface area contributed by atoms with E-state index in [0.717, 1.165) is 4.88 Å². The van der Waals surface area contributed by atoms with E-state index in [4.69, 9.17) is 9.63 Å². The first-order valence-electron chi connectivity index (χ1n) is 5.41. The summed E-state index contributed by atoms with van der Waals surface area (Å²) in [6.07, 6.45) is 0.579. The molecule has 5 nitrogen and oxygen atoms in total. The van der Waals surface area contributed by atoms with Crippen LogP contribution in [0.15, 0.2) is 22.0 Å². The quantitative estimate of drug-likeness (QED) is 0.879. The highest BCUT2D eigenvalue weighted by molar-refractivity contribution is 7.99. The number of thioether (sulfide) groups is 1. The Morgan fingerprint density at radius 1 is 1.67 bits per heavy atom. The van der Waals surface area contributed by atoms with Gasteiger partial charge in [0.05, 0.1) is 10.6 Å². The molecule has 0 aliphatic carbocycles. The number of aromatic nitrogens is 2. The van der Waals surface area contributed by atoms with Crippen LogP contribution in [0.3, 0.4) is 0 Å². The van der Waals surface area contributed by atoms with Gasteiger partial charge in [0.2, 0.25) is 0 Å². The van der Waals surface area contributed by atoms with E-state index in [1.165, 1.54) is 23.1 Å². The number of nitrogens with zero attached hydrogens (tertiary/aromatic N) is 2. The molecule has 96 valence electrons. The number of hydrogen-bond acceptors (Lipinski definition) is 6. The Kier molecular flexibility index (Phi) is 4.38. The number of thiophene rings is 1. The molecule has 0 fully saturated rings. The third kappa shape index (κ3) is 3.11. The molecule has 0 aromatic carbocycles. The summed E-state index contributed by atoms with van der Waals surface area (Å²) in [6, 6.07) is 3.82. The molecule has 0 saturated heterocycles. The van der Waals surface area contributed by atoms with E-state index in [0.29, 0.717) is 23.9 Å². The lowest BCUT2D eigenvalue weighted by atomic mass is 10.3. The highest BCUT2D eigenvalue weighted by atomic mass is 32.2. The van der Waals surface area contributed by atoms with E-state index in [9.17, 15) is 4.79 Å². The molecule has 0 radical (unpaired) electrons. The third-order valence-corrected chi connectivity index (χ3v) is 4.48. The van der Waals surface area contributed by atoms with Crippen LogP contribution in [0.2, 0.25) is 0 Å². The summed E-state index contributed by atoms with van der Waals surface area (Å²) in [5, 5.41) is 14.3. The van der Waals surface area contributed by atoms with Gasteiger partial charge in [-0.25, -0.2) is 0 Å². The molecule has 0 amide bonds. The maximum absolute atomic E-state index is 10.9. The van der Waals surface area contributed by atoms with E-state index in [1.54, 1.807) is 0 Å². The lowest BCUT2D eigenvalue weighted by molar-refractivity contribution is -0.136. The minimum Gasteiger partial charge on any atom is -0.480 e. The van der Waals surface area contributed by atoms with Gasteiger partial charge in [0.1, 0.15) is 5.25 Å². The van der Waals surface area contributed by atoms with Gasteiger partial charge in [0.25, 0.3) is 5.89 Å². The number of carboxylic acid groups (broad SMARTS) is 1. The third-order valence-electron chi connectivity index (χ3n) is 2.26. The molecule has 2 aromatic heterocycles. The van der Waals surface area contributed by atoms with Crippen LogP contribution in [-0.2, 0) is 10.5 Å². The number of hydrogen-bond donors (Lipinski definition) is 1. The zero-order valence-corrected chi connectivity index (χ0v) is 11.3. The Hall–Kier alpha value is -1.34. The second kappa shape index (κ2) is 6.01. The lowest BCUT2D eigenvalue weighted by Gasteiger charge is -2.06. The van der Waals surface area contributed by atoms with Crippen molar-refractivity contribution in [1.82, 2.24) is 10.1 Å². The molecule has 2 aromatic rings. The normalized spacial score (nSPS) is 12.5. The first kappa shape index (κ1) is 13.1. The maximum atomic E-state index is 10.9. The van der Waals surface area contributed by atoms with Gasteiger partial charge in [-0.1, -0.05) is 18.1 Å². The van der Waals surface area contributed by atoms with Crippen LogP contribution in [-0.4, -0.2) is 26.5 Å². The summed E-state index contributed by atoms with van der Waals surface area (Å²) in [5.74, 6) is 0.663. The van der Waals surface area contributed by atoms with Crippen LogP contribution in [0.25, 0.3) is 10.8 Å². The largest absolute Gasteiger partial charge is 0.480 e. The summed E-state index contributed by atoms with van der Waals surface area (Å²) in [5.41, 5.74) is 0. The van der Waals surface area contributed by atoms with Gasteiger partial charge in [0.15, 0.2) is 5.82 Å². The summed E-state index contributed by atoms with van der Waals surface area (Å²) in [7, 11) is 0. The molecule has 1 unspecified atom stereocenters. The van der Waals surface area contributed by atoms with Crippen LogP contribution in [0.5, 0.6) is 0 Å². The molecule has 1 atom stereocenters. The van der Waals surface area contributed by atoms with Gasteiger partial charge in [-0.15, -0.1) is 23.1 Å². The van der Waals surface area contributed by atoms with Gasteiger partial charge >= 0.3 is 5.97 Å². The average Bonchev–Trinajstić information content (AvgIpc) is 2.99. The van der Waals surface area contributed by atoms with Crippen LogP contribution in [0, 0.1) is 0 Å². The van der Waals surface area contributed by atoms with Crippen LogP contribution < -0.4 is 0 Å². The van der Waals surface area contributed by atoms with E-state index in [1.807, 2.05) is 24.4 Å². The van der Waals surface area contributed by atoms with Crippen molar-refractivity contribution in [3.63, 3.8) is 0 Å². The molecule has 0 aliphatic rings. The first-order chi connectivity index (χ1) is 8.70. The van der Waals surface area contributed by atoms with Crippen molar-refractivity contribution in [2.45, 2.75) is 24.3 Å². The molecule has 1 N–H and O–H groups in total. The van der Waals surface area contributed by atoms with E-state index < -0.39 is 11.2 Å². The Morgan fingerprint density at radius 2 is 2.50 bits per heavy atom. The fourth-order valence-electron chi connectivity index (χ4n) is 1.35. The van der Waals surface area contributed by atoms with Crippen molar-refractivity contribution in [1.29, 1.82) is 0 Å².